The van der Waals surface area contributed by atoms with Crippen LogP contribution >= 0.6 is 0 Å². The summed E-state index contributed by atoms with van der Waals surface area (Å²) in [6, 6.07) is -4.44. The number of carbonyl (C=O) groups is 6. The predicted molar refractivity (Wildman–Crippen MR) is 122 cm³/mol. The molecule has 0 aliphatic carbocycles. The Bertz CT molecular complexity index is 792. The number of carboxylic acid groups (broad SMARTS) is 2. The first-order valence-electron chi connectivity index (χ1n) is 11.6. The highest BCUT2D eigenvalue weighted by atomic mass is 16.4. The van der Waals surface area contributed by atoms with Gasteiger partial charge in [0.15, 0.2) is 0 Å². The number of hydrogen-bond donors (Lipinski definition) is 7. The Labute approximate surface area is 202 Å². The van der Waals surface area contributed by atoms with Gasteiger partial charge in [0.1, 0.15) is 18.1 Å². The molecule has 1 fully saturated rings. The molecule has 1 aliphatic rings. The van der Waals surface area contributed by atoms with Gasteiger partial charge in [0.05, 0.1) is 6.04 Å². The lowest BCUT2D eigenvalue weighted by atomic mass is 10.0. The molecule has 14 heteroatoms. The average Bonchev–Trinajstić information content (AvgIpc) is 3.28. The first-order chi connectivity index (χ1) is 16.5. The monoisotopic (exact) mass is 500 g/mol. The second kappa shape index (κ2) is 14.9. The van der Waals surface area contributed by atoms with Crippen LogP contribution in [0.1, 0.15) is 57.8 Å². The summed E-state index contributed by atoms with van der Waals surface area (Å²) in [6.45, 7) is 0.605. The molecule has 0 aromatic rings. The number of primary amides is 1. The summed E-state index contributed by atoms with van der Waals surface area (Å²) in [4.78, 5) is 73.1. The maximum Gasteiger partial charge on any atom is 0.326 e. The minimum Gasteiger partial charge on any atom is -0.481 e. The molecule has 0 radical (unpaired) electrons. The Morgan fingerprint density at radius 2 is 1.63 bits per heavy atom. The number of carboxylic acids is 2. The van der Waals surface area contributed by atoms with Gasteiger partial charge < -0.3 is 42.9 Å². The summed E-state index contributed by atoms with van der Waals surface area (Å²) in [6.07, 6.45) is 1.27. The molecule has 4 amide bonds. The van der Waals surface area contributed by atoms with Gasteiger partial charge in [-0.1, -0.05) is 0 Å². The number of carbonyl (C=O) groups excluding carboxylic acids is 4. The van der Waals surface area contributed by atoms with Crippen molar-refractivity contribution >= 4 is 35.6 Å². The molecule has 14 nitrogen and oxygen atoms in total. The Hall–Kier alpha value is -3.26. The fourth-order valence-electron chi connectivity index (χ4n) is 3.75. The number of rotatable bonds is 16. The SMILES string of the molecule is NCCCCC(NC(=O)C(N)CCC(=O)O)C(=O)N1CCCC1C(=O)NC(CCC(N)=O)C(=O)O. The van der Waals surface area contributed by atoms with Crippen LogP contribution in [0.15, 0.2) is 0 Å². The predicted octanol–water partition coefficient (Wildman–Crippen LogP) is -2.38. The third-order valence-electron chi connectivity index (χ3n) is 5.70. The average molecular weight is 501 g/mol. The number of nitrogens with two attached hydrogens (primary N) is 3. The summed E-state index contributed by atoms with van der Waals surface area (Å²) in [5, 5.41) is 23.0. The van der Waals surface area contributed by atoms with Crippen molar-refractivity contribution < 1.29 is 39.0 Å². The molecule has 0 aromatic carbocycles. The maximum absolute atomic E-state index is 13.3. The quantitative estimate of drug-likeness (QED) is 0.111. The van der Waals surface area contributed by atoms with Crippen LogP contribution in [-0.4, -0.2) is 87.9 Å². The normalized spacial score (nSPS) is 17.8. The van der Waals surface area contributed by atoms with Crippen LogP contribution in [0.4, 0.5) is 0 Å². The zero-order valence-electron chi connectivity index (χ0n) is 19.6. The number of hydrogen-bond acceptors (Lipinski definition) is 8. The molecular weight excluding hydrogens is 464 g/mol. The summed E-state index contributed by atoms with van der Waals surface area (Å²) in [7, 11) is 0. The number of aliphatic carboxylic acids is 2. The number of likely N-dealkylation sites (tertiary alicyclic amines) is 1. The smallest absolute Gasteiger partial charge is 0.326 e. The molecule has 1 rings (SSSR count). The zero-order valence-corrected chi connectivity index (χ0v) is 19.6. The lowest BCUT2D eigenvalue weighted by molar-refractivity contribution is -0.145. The summed E-state index contributed by atoms with van der Waals surface area (Å²) in [5.41, 5.74) is 16.3. The first kappa shape index (κ1) is 29.8. The Morgan fingerprint density at radius 3 is 2.20 bits per heavy atom. The van der Waals surface area contributed by atoms with Crippen molar-refractivity contribution in [2.45, 2.75) is 82.0 Å². The van der Waals surface area contributed by atoms with Crippen LogP contribution in [0.25, 0.3) is 0 Å². The first-order valence-corrected chi connectivity index (χ1v) is 11.6. The highest BCUT2D eigenvalue weighted by Gasteiger charge is 2.39. The number of unbranched alkanes of at least 4 members (excludes halogenated alkanes) is 1. The van der Waals surface area contributed by atoms with E-state index in [0.717, 1.165) is 0 Å². The van der Waals surface area contributed by atoms with Gasteiger partial charge in [0, 0.05) is 19.4 Å². The number of amides is 4. The maximum atomic E-state index is 13.3. The highest BCUT2D eigenvalue weighted by molar-refractivity contribution is 5.94. The van der Waals surface area contributed by atoms with Crippen LogP contribution in [0.5, 0.6) is 0 Å². The van der Waals surface area contributed by atoms with Crippen LogP contribution < -0.4 is 27.8 Å². The fourth-order valence-corrected chi connectivity index (χ4v) is 3.75. The highest BCUT2D eigenvalue weighted by Crippen LogP contribution is 2.20. The van der Waals surface area contributed by atoms with E-state index >= 15 is 0 Å². The van der Waals surface area contributed by atoms with Crippen molar-refractivity contribution in [1.82, 2.24) is 15.5 Å². The van der Waals surface area contributed by atoms with Crippen molar-refractivity contribution in [1.29, 1.82) is 0 Å². The third kappa shape index (κ3) is 10.3. The van der Waals surface area contributed by atoms with E-state index in [1.54, 1.807) is 0 Å². The zero-order chi connectivity index (χ0) is 26.5. The van der Waals surface area contributed by atoms with E-state index in [1.165, 1.54) is 4.90 Å². The molecule has 35 heavy (non-hydrogen) atoms. The van der Waals surface area contributed by atoms with Gasteiger partial charge in [-0.3, -0.25) is 24.0 Å². The van der Waals surface area contributed by atoms with E-state index in [0.29, 0.717) is 32.2 Å². The van der Waals surface area contributed by atoms with Gasteiger partial charge in [0.2, 0.25) is 23.6 Å². The number of nitrogens with one attached hydrogen (secondary N) is 2. The van der Waals surface area contributed by atoms with Crippen LogP contribution in [-0.2, 0) is 28.8 Å². The van der Waals surface area contributed by atoms with Gasteiger partial charge in [-0.05, 0) is 51.5 Å². The number of nitrogens with zero attached hydrogens (tertiary/aromatic N) is 1. The van der Waals surface area contributed by atoms with Gasteiger partial charge in [-0.25, -0.2) is 4.79 Å². The van der Waals surface area contributed by atoms with Gasteiger partial charge >= 0.3 is 11.9 Å². The fraction of sp³-hybridized carbons (Fsp3) is 0.714. The molecule has 0 bridgehead atoms. The minimum absolute atomic E-state index is 0.110. The van der Waals surface area contributed by atoms with Gasteiger partial charge in [-0.15, -0.1) is 0 Å². The Balaban J connectivity index is 2.92. The molecule has 0 saturated carbocycles. The lowest BCUT2D eigenvalue weighted by Crippen LogP contribution is -2.56. The minimum atomic E-state index is -1.35. The van der Waals surface area contributed by atoms with Crippen LogP contribution in [0.3, 0.4) is 0 Å². The van der Waals surface area contributed by atoms with Crippen LogP contribution in [0, 0.1) is 0 Å². The topological polar surface area (TPSA) is 248 Å². The molecule has 1 saturated heterocycles. The van der Waals surface area contributed by atoms with Crippen LogP contribution in [0.2, 0.25) is 0 Å². The standard InChI is InChI=1S/C21H36N6O8/c22-10-2-1-4-13(25-18(31)12(23)6-9-17(29)30)20(33)27-11-3-5-15(27)19(32)26-14(21(34)35)7-8-16(24)28/h12-15H,1-11,22-23H2,(H2,24,28)(H,25,31)(H,26,32)(H,29,30)(H,34,35). The van der Waals surface area contributed by atoms with E-state index in [2.05, 4.69) is 10.6 Å². The molecule has 198 valence electrons. The largest absolute Gasteiger partial charge is 0.481 e. The lowest BCUT2D eigenvalue weighted by Gasteiger charge is -2.30. The Morgan fingerprint density at radius 1 is 0.943 bits per heavy atom. The second-order valence-electron chi connectivity index (χ2n) is 8.48. The second-order valence-corrected chi connectivity index (χ2v) is 8.48. The van der Waals surface area contributed by atoms with Crippen molar-refractivity contribution in [3.8, 4) is 0 Å². The molecule has 0 aromatic heterocycles. The molecule has 4 atom stereocenters. The van der Waals surface area contributed by atoms with Crippen molar-refractivity contribution in [3.05, 3.63) is 0 Å². The summed E-state index contributed by atoms with van der Waals surface area (Å²) in [5.74, 6) is -5.04. The molecule has 1 aliphatic heterocycles. The van der Waals surface area contributed by atoms with Gasteiger partial charge in [0.25, 0.3) is 0 Å². The summed E-state index contributed by atoms with van der Waals surface area (Å²) >= 11 is 0. The van der Waals surface area contributed by atoms with Crippen molar-refractivity contribution in [2.24, 2.45) is 17.2 Å². The Kier molecular flexibility index (Phi) is 12.7. The van der Waals surface area contributed by atoms with Crippen molar-refractivity contribution in [3.63, 3.8) is 0 Å². The van der Waals surface area contributed by atoms with E-state index in [9.17, 15) is 33.9 Å². The van der Waals surface area contributed by atoms with Gasteiger partial charge in [-0.2, -0.15) is 0 Å². The van der Waals surface area contributed by atoms with Crippen molar-refractivity contribution in [2.75, 3.05) is 13.1 Å². The van der Waals surface area contributed by atoms with E-state index in [4.69, 9.17) is 22.3 Å². The molecule has 4 unspecified atom stereocenters. The van der Waals surface area contributed by atoms with E-state index in [1.807, 2.05) is 0 Å². The van der Waals surface area contributed by atoms with E-state index < -0.39 is 59.7 Å². The molecule has 1 heterocycles. The molecular formula is C21H36N6O8. The van der Waals surface area contributed by atoms with E-state index in [-0.39, 0.29) is 38.6 Å². The third-order valence-corrected chi connectivity index (χ3v) is 5.70. The summed E-state index contributed by atoms with van der Waals surface area (Å²) < 4.78 is 0. The molecule has 10 N–H and O–H groups in total. The molecule has 0 spiro atoms.